The summed E-state index contributed by atoms with van der Waals surface area (Å²) in [6.45, 7) is 10.6. The van der Waals surface area contributed by atoms with Crippen molar-refractivity contribution in [3.05, 3.63) is 48.4 Å². The van der Waals surface area contributed by atoms with E-state index < -0.39 is 11.7 Å². The van der Waals surface area contributed by atoms with Crippen molar-refractivity contribution in [1.29, 1.82) is 0 Å². The second-order valence-corrected chi connectivity index (χ2v) is 7.49. The number of rotatable bonds is 7. The Hall–Kier alpha value is -2.72. The van der Waals surface area contributed by atoms with E-state index >= 15 is 0 Å². The number of amides is 1. The smallest absolute Gasteiger partial charge is 0.351 e. The predicted octanol–water partition coefficient (Wildman–Crippen LogP) is 3.12. The van der Waals surface area contributed by atoms with Gasteiger partial charge in [-0.1, -0.05) is 23.4 Å². The van der Waals surface area contributed by atoms with Gasteiger partial charge in [0.1, 0.15) is 0 Å². The first kappa shape index (κ1) is 23.0. The van der Waals surface area contributed by atoms with Crippen molar-refractivity contribution in [2.75, 3.05) is 32.7 Å². The van der Waals surface area contributed by atoms with E-state index in [1.165, 1.54) is 12.1 Å². The van der Waals surface area contributed by atoms with E-state index in [1.807, 2.05) is 13.8 Å². The van der Waals surface area contributed by atoms with Crippen LogP contribution in [-0.4, -0.2) is 64.6 Å². The highest BCUT2D eigenvalue weighted by molar-refractivity contribution is 5.81. The Kier molecular flexibility index (Phi) is 7.11. The Bertz CT molecular complexity index is 906. The molecule has 1 aromatic carbocycles. The molecule has 31 heavy (non-hydrogen) atoms. The molecule has 0 aliphatic carbocycles. The summed E-state index contributed by atoms with van der Waals surface area (Å²) in [4.78, 5) is 20.7. The number of carbonyl (C=O) groups excluding carboxylic acids is 1. The lowest BCUT2D eigenvalue weighted by molar-refractivity contribution is -0.137. The maximum atomic E-state index is 13.0. The Labute approximate surface area is 178 Å². The normalized spacial score (nSPS) is 17.8. The van der Waals surface area contributed by atoms with Gasteiger partial charge in [-0.15, -0.1) is 6.58 Å². The van der Waals surface area contributed by atoms with Crippen molar-refractivity contribution in [3.63, 3.8) is 0 Å². The van der Waals surface area contributed by atoms with Gasteiger partial charge in [0.15, 0.2) is 0 Å². The first-order chi connectivity index (χ1) is 14.7. The van der Waals surface area contributed by atoms with Gasteiger partial charge in [-0.2, -0.15) is 18.2 Å². The summed E-state index contributed by atoms with van der Waals surface area (Å²) in [5.41, 5.74) is -0.507. The summed E-state index contributed by atoms with van der Waals surface area (Å²) >= 11 is 0. The van der Waals surface area contributed by atoms with Crippen molar-refractivity contribution in [2.45, 2.75) is 32.1 Å². The van der Waals surface area contributed by atoms with Crippen LogP contribution in [0.15, 0.2) is 41.4 Å². The number of piperazine rings is 1. The molecule has 1 aromatic heterocycles. The van der Waals surface area contributed by atoms with Gasteiger partial charge in [-0.25, -0.2) is 0 Å². The van der Waals surface area contributed by atoms with Gasteiger partial charge in [0.2, 0.25) is 17.6 Å². The predicted molar refractivity (Wildman–Crippen MR) is 109 cm³/mol. The molecule has 0 saturated carbocycles. The van der Waals surface area contributed by atoms with Crippen LogP contribution in [0.5, 0.6) is 0 Å². The molecule has 1 amide bonds. The van der Waals surface area contributed by atoms with Crippen LogP contribution < -0.4 is 5.32 Å². The average molecular weight is 437 g/mol. The van der Waals surface area contributed by atoms with Crippen LogP contribution in [0.1, 0.15) is 31.3 Å². The summed E-state index contributed by atoms with van der Waals surface area (Å²) in [6.07, 6.45) is -2.79. The topological polar surface area (TPSA) is 74.5 Å². The number of nitrogens with one attached hydrogen (secondary N) is 1. The third-order valence-electron chi connectivity index (χ3n) is 5.49. The Morgan fingerprint density at radius 1 is 1.26 bits per heavy atom. The molecule has 2 atom stereocenters. The number of halogens is 3. The highest BCUT2D eigenvalue weighted by Gasteiger charge is 2.32. The number of hydrogen-bond donors (Lipinski definition) is 1. The van der Waals surface area contributed by atoms with Crippen LogP contribution in [0.25, 0.3) is 11.4 Å². The first-order valence-corrected chi connectivity index (χ1v) is 10.1. The number of aromatic nitrogens is 2. The van der Waals surface area contributed by atoms with Crippen LogP contribution in [0, 0.1) is 0 Å². The molecule has 1 fully saturated rings. The van der Waals surface area contributed by atoms with E-state index in [2.05, 4.69) is 31.8 Å². The molecule has 1 aliphatic rings. The van der Waals surface area contributed by atoms with E-state index in [4.69, 9.17) is 4.52 Å². The fraction of sp³-hybridized carbons (Fsp3) is 0.476. The molecule has 2 heterocycles. The lowest BCUT2D eigenvalue weighted by Crippen LogP contribution is -2.54. The molecule has 10 heteroatoms. The van der Waals surface area contributed by atoms with Crippen LogP contribution in [0.3, 0.4) is 0 Å². The van der Waals surface area contributed by atoms with Gasteiger partial charge in [-0.05, 0) is 26.0 Å². The maximum Gasteiger partial charge on any atom is 0.416 e. The Morgan fingerprint density at radius 3 is 2.58 bits per heavy atom. The van der Waals surface area contributed by atoms with Crippen LogP contribution in [-0.2, 0) is 11.0 Å². The molecule has 3 rings (SSSR count). The van der Waals surface area contributed by atoms with Gasteiger partial charge >= 0.3 is 6.18 Å². The molecule has 168 valence electrons. The number of alkyl halides is 3. The van der Waals surface area contributed by atoms with Crippen molar-refractivity contribution in [2.24, 2.45) is 0 Å². The lowest BCUT2D eigenvalue weighted by atomic mass is 10.1. The summed E-state index contributed by atoms with van der Waals surface area (Å²) in [5.74, 6) is 0.431. The average Bonchev–Trinajstić information content (AvgIpc) is 3.26. The zero-order valence-corrected chi connectivity index (χ0v) is 17.5. The molecule has 0 spiro atoms. The molecule has 1 saturated heterocycles. The molecule has 0 bridgehead atoms. The van der Waals surface area contributed by atoms with Crippen molar-refractivity contribution < 1.29 is 22.5 Å². The summed E-state index contributed by atoms with van der Waals surface area (Å²) in [7, 11) is 0. The van der Waals surface area contributed by atoms with E-state index in [9.17, 15) is 18.0 Å². The molecule has 1 N–H and O–H groups in total. The fourth-order valence-electron chi connectivity index (χ4n) is 3.51. The van der Waals surface area contributed by atoms with Crippen LogP contribution >= 0.6 is 0 Å². The highest BCUT2D eigenvalue weighted by atomic mass is 19.4. The SMILES string of the molecule is C=CCNC(=O)C(C)N1CCN(C(C)c2nc(-c3cccc(C(F)(F)F)c3)no2)CC1. The minimum absolute atomic E-state index is 0.0379. The van der Waals surface area contributed by atoms with Gasteiger partial charge in [-0.3, -0.25) is 14.6 Å². The number of hydrogen-bond acceptors (Lipinski definition) is 6. The van der Waals surface area contributed by atoms with E-state index in [-0.39, 0.29) is 29.4 Å². The summed E-state index contributed by atoms with van der Waals surface area (Å²) < 4.78 is 44.2. The second-order valence-electron chi connectivity index (χ2n) is 7.49. The monoisotopic (exact) mass is 437 g/mol. The molecule has 7 nitrogen and oxygen atoms in total. The maximum absolute atomic E-state index is 13.0. The molecule has 2 unspecified atom stereocenters. The van der Waals surface area contributed by atoms with E-state index in [0.29, 0.717) is 38.6 Å². The standard InChI is InChI=1S/C21H26F3N5O2/c1-4-8-25-19(30)14(2)28-9-11-29(12-10-28)15(3)20-26-18(27-31-20)16-6-5-7-17(13-16)21(22,23)24/h4-7,13-15H,1,8-12H2,2-3H3,(H,25,30). The molecule has 2 aromatic rings. The zero-order chi connectivity index (χ0) is 22.6. The van der Waals surface area contributed by atoms with Gasteiger partial charge in [0.25, 0.3) is 0 Å². The van der Waals surface area contributed by atoms with E-state index in [1.54, 1.807) is 6.08 Å². The molecule has 0 radical (unpaired) electrons. The van der Waals surface area contributed by atoms with Gasteiger partial charge < -0.3 is 9.84 Å². The molecule has 1 aliphatic heterocycles. The van der Waals surface area contributed by atoms with Crippen molar-refractivity contribution in [3.8, 4) is 11.4 Å². The molecular weight excluding hydrogens is 411 g/mol. The highest BCUT2D eigenvalue weighted by Crippen LogP contribution is 2.32. The zero-order valence-electron chi connectivity index (χ0n) is 17.5. The number of benzene rings is 1. The van der Waals surface area contributed by atoms with E-state index in [0.717, 1.165) is 12.1 Å². The third kappa shape index (κ3) is 5.50. The summed E-state index contributed by atoms with van der Waals surface area (Å²) in [5, 5.41) is 6.67. The quantitative estimate of drug-likeness (QED) is 0.671. The van der Waals surface area contributed by atoms with Crippen LogP contribution in [0.4, 0.5) is 13.2 Å². The second kappa shape index (κ2) is 9.61. The lowest BCUT2D eigenvalue weighted by Gasteiger charge is -2.39. The van der Waals surface area contributed by atoms with Crippen molar-refractivity contribution >= 4 is 5.91 Å². The van der Waals surface area contributed by atoms with Crippen molar-refractivity contribution in [1.82, 2.24) is 25.3 Å². The number of nitrogens with zero attached hydrogens (tertiary/aromatic N) is 4. The van der Waals surface area contributed by atoms with Crippen LogP contribution in [0.2, 0.25) is 0 Å². The minimum atomic E-state index is -4.44. The Balaban J connectivity index is 1.61. The van der Waals surface area contributed by atoms with Gasteiger partial charge in [0, 0.05) is 38.3 Å². The summed E-state index contributed by atoms with van der Waals surface area (Å²) in [6, 6.07) is 4.42. The fourth-order valence-corrected chi connectivity index (χ4v) is 3.51. The number of carbonyl (C=O) groups is 1. The molecular formula is C21H26F3N5O2. The third-order valence-corrected chi connectivity index (χ3v) is 5.49. The largest absolute Gasteiger partial charge is 0.416 e. The van der Waals surface area contributed by atoms with Gasteiger partial charge in [0.05, 0.1) is 17.6 Å². The Morgan fingerprint density at radius 2 is 1.94 bits per heavy atom. The first-order valence-electron chi connectivity index (χ1n) is 10.1. The minimum Gasteiger partial charge on any atom is -0.351 e.